The molecule has 0 aliphatic carbocycles. The molecule has 0 saturated heterocycles. The zero-order valence-electron chi connectivity index (χ0n) is 13.0. The number of carbonyl (C=O) groups excluding carboxylic acids is 1. The Bertz CT molecular complexity index is 808. The van der Waals surface area contributed by atoms with Gasteiger partial charge in [0, 0.05) is 17.3 Å². The number of anilines is 1. The quantitative estimate of drug-likeness (QED) is 0.502. The number of nitrogens with one attached hydrogen (secondary N) is 2. The van der Waals surface area contributed by atoms with E-state index in [1.807, 2.05) is 13.0 Å². The zero-order valence-corrected chi connectivity index (χ0v) is 13.8. The molecule has 24 heavy (non-hydrogen) atoms. The number of hydrogen-bond acceptors (Lipinski definition) is 5. The van der Waals surface area contributed by atoms with Gasteiger partial charge in [0.15, 0.2) is 10.9 Å². The summed E-state index contributed by atoms with van der Waals surface area (Å²) in [6.07, 6.45) is 0. The number of rotatable bonds is 4. The van der Waals surface area contributed by atoms with Crippen LogP contribution in [0.2, 0.25) is 0 Å². The summed E-state index contributed by atoms with van der Waals surface area (Å²) < 4.78 is 4.93. The molecule has 0 heterocycles. The molecule has 2 rings (SSSR count). The van der Waals surface area contributed by atoms with E-state index in [-0.39, 0.29) is 22.5 Å². The van der Waals surface area contributed by atoms with E-state index in [0.717, 1.165) is 5.56 Å². The summed E-state index contributed by atoms with van der Waals surface area (Å²) in [6, 6.07) is 11.4. The van der Waals surface area contributed by atoms with Crippen LogP contribution in [0.15, 0.2) is 42.5 Å². The monoisotopic (exact) mass is 345 g/mol. The Morgan fingerprint density at radius 2 is 2.00 bits per heavy atom. The van der Waals surface area contributed by atoms with E-state index < -0.39 is 4.92 Å². The number of nitro benzene ring substituents is 1. The first-order valence-corrected chi connectivity index (χ1v) is 7.33. The highest BCUT2D eigenvalue weighted by atomic mass is 32.1. The van der Waals surface area contributed by atoms with E-state index in [1.165, 1.54) is 19.2 Å². The number of benzene rings is 2. The third-order valence-electron chi connectivity index (χ3n) is 3.14. The first kappa shape index (κ1) is 17.4. The van der Waals surface area contributed by atoms with E-state index in [0.29, 0.717) is 11.3 Å². The Morgan fingerprint density at radius 1 is 1.25 bits per heavy atom. The van der Waals surface area contributed by atoms with E-state index in [4.69, 9.17) is 17.0 Å². The highest BCUT2D eigenvalue weighted by Gasteiger charge is 2.16. The van der Waals surface area contributed by atoms with E-state index in [9.17, 15) is 14.9 Å². The molecule has 0 spiro atoms. The molecule has 0 radical (unpaired) electrons. The molecule has 0 aliphatic rings. The van der Waals surface area contributed by atoms with Gasteiger partial charge in [0.05, 0.1) is 12.0 Å². The van der Waals surface area contributed by atoms with Crippen LogP contribution in [0.25, 0.3) is 0 Å². The van der Waals surface area contributed by atoms with Crippen LogP contribution in [0.1, 0.15) is 15.9 Å². The van der Waals surface area contributed by atoms with Crippen molar-refractivity contribution in [1.29, 1.82) is 0 Å². The van der Waals surface area contributed by atoms with Crippen LogP contribution in [-0.2, 0) is 0 Å². The topological polar surface area (TPSA) is 93.5 Å². The Kier molecular flexibility index (Phi) is 5.43. The molecule has 0 unspecified atom stereocenters. The predicted molar refractivity (Wildman–Crippen MR) is 94.5 cm³/mol. The summed E-state index contributed by atoms with van der Waals surface area (Å²) in [7, 11) is 1.35. The molecule has 2 aromatic carbocycles. The number of ether oxygens (including phenoxy) is 1. The van der Waals surface area contributed by atoms with Gasteiger partial charge in [-0.3, -0.25) is 20.2 Å². The predicted octanol–water partition coefficient (Wildman–Crippen LogP) is 3.04. The molecule has 0 aliphatic heterocycles. The number of carbonyl (C=O) groups is 1. The van der Waals surface area contributed by atoms with Crippen molar-refractivity contribution < 1.29 is 14.5 Å². The van der Waals surface area contributed by atoms with Crippen molar-refractivity contribution in [3.05, 3.63) is 63.7 Å². The van der Waals surface area contributed by atoms with Crippen molar-refractivity contribution in [3.8, 4) is 5.75 Å². The smallest absolute Gasteiger partial charge is 0.312 e. The Hall–Kier alpha value is -3.00. The first-order valence-electron chi connectivity index (χ1n) is 6.92. The number of aryl methyl sites for hydroxylation is 1. The minimum Gasteiger partial charge on any atom is -0.490 e. The Labute approximate surface area is 143 Å². The number of nitro groups is 1. The maximum atomic E-state index is 12.1. The molecule has 7 nitrogen and oxygen atoms in total. The lowest BCUT2D eigenvalue weighted by Crippen LogP contribution is -2.34. The van der Waals surface area contributed by atoms with Gasteiger partial charge in [-0.1, -0.05) is 17.7 Å². The maximum Gasteiger partial charge on any atom is 0.312 e. The lowest BCUT2D eigenvalue weighted by Gasteiger charge is -2.10. The second-order valence-corrected chi connectivity index (χ2v) is 5.33. The zero-order chi connectivity index (χ0) is 17.7. The van der Waals surface area contributed by atoms with Gasteiger partial charge in [0.2, 0.25) is 0 Å². The molecular formula is C16H15N3O4S. The van der Waals surface area contributed by atoms with Crippen molar-refractivity contribution in [2.24, 2.45) is 0 Å². The van der Waals surface area contributed by atoms with Crippen LogP contribution in [0.3, 0.4) is 0 Å². The van der Waals surface area contributed by atoms with Crippen molar-refractivity contribution in [2.75, 3.05) is 12.4 Å². The average molecular weight is 345 g/mol. The van der Waals surface area contributed by atoms with Gasteiger partial charge >= 0.3 is 5.69 Å². The molecule has 124 valence electrons. The largest absolute Gasteiger partial charge is 0.490 e. The fourth-order valence-corrected chi connectivity index (χ4v) is 2.24. The van der Waals surface area contributed by atoms with Crippen LogP contribution in [0.4, 0.5) is 11.4 Å². The minimum absolute atomic E-state index is 0.0426. The first-order chi connectivity index (χ1) is 11.4. The summed E-state index contributed by atoms with van der Waals surface area (Å²) in [4.78, 5) is 22.6. The van der Waals surface area contributed by atoms with Crippen molar-refractivity contribution >= 4 is 34.6 Å². The van der Waals surface area contributed by atoms with Crippen LogP contribution in [0, 0.1) is 17.0 Å². The van der Waals surface area contributed by atoms with Gasteiger partial charge in [0.25, 0.3) is 5.91 Å². The third kappa shape index (κ3) is 4.26. The molecule has 1 amide bonds. The maximum absolute atomic E-state index is 12.1. The molecule has 0 atom stereocenters. The molecule has 0 fully saturated rings. The highest BCUT2D eigenvalue weighted by Crippen LogP contribution is 2.29. The minimum atomic E-state index is -0.557. The number of thiocarbonyl (C=S) groups is 1. The van der Waals surface area contributed by atoms with Crippen molar-refractivity contribution in [2.45, 2.75) is 6.92 Å². The number of nitrogens with zero attached hydrogens (tertiary/aromatic N) is 1. The fourth-order valence-electron chi connectivity index (χ4n) is 2.03. The normalized spacial score (nSPS) is 9.92. The Morgan fingerprint density at radius 3 is 2.62 bits per heavy atom. The molecule has 0 saturated carbocycles. The SMILES string of the molecule is COc1ccc(NC(=S)NC(=O)c2cccc(C)c2)cc1[N+](=O)[O-]. The van der Waals surface area contributed by atoms with Crippen LogP contribution in [-0.4, -0.2) is 23.1 Å². The summed E-state index contributed by atoms with van der Waals surface area (Å²) in [5.41, 5.74) is 1.60. The van der Waals surface area contributed by atoms with Crippen LogP contribution in [0.5, 0.6) is 5.75 Å². The van der Waals surface area contributed by atoms with Crippen molar-refractivity contribution in [3.63, 3.8) is 0 Å². The third-order valence-corrected chi connectivity index (χ3v) is 3.34. The molecule has 8 heteroatoms. The van der Waals surface area contributed by atoms with Gasteiger partial charge in [-0.05, 0) is 43.4 Å². The fraction of sp³-hybridized carbons (Fsp3) is 0.125. The Balaban J connectivity index is 2.08. The molecule has 2 aromatic rings. The van der Waals surface area contributed by atoms with Gasteiger partial charge in [-0.2, -0.15) is 0 Å². The summed E-state index contributed by atoms with van der Waals surface area (Å²) in [5.74, 6) is -0.223. The molecular weight excluding hydrogens is 330 g/mol. The van der Waals surface area contributed by atoms with E-state index in [2.05, 4.69) is 10.6 Å². The molecule has 0 bridgehead atoms. The van der Waals surface area contributed by atoms with E-state index in [1.54, 1.807) is 24.3 Å². The van der Waals surface area contributed by atoms with Gasteiger partial charge in [0.1, 0.15) is 0 Å². The van der Waals surface area contributed by atoms with E-state index >= 15 is 0 Å². The van der Waals surface area contributed by atoms with Crippen molar-refractivity contribution in [1.82, 2.24) is 5.32 Å². The second kappa shape index (κ2) is 7.51. The lowest BCUT2D eigenvalue weighted by atomic mass is 10.1. The van der Waals surface area contributed by atoms with Crippen LogP contribution >= 0.6 is 12.2 Å². The molecule has 2 N–H and O–H groups in total. The summed E-state index contributed by atoms with van der Waals surface area (Å²) >= 11 is 5.07. The number of methoxy groups -OCH3 is 1. The second-order valence-electron chi connectivity index (χ2n) is 4.92. The number of hydrogen-bond donors (Lipinski definition) is 2. The summed E-state index contributed by atoms with van der Waals surface area (Å²) in [6.45, 7) is 1.88. The number of amides is 1. The van der Waals surface area contributed by atoms with Crippen LogP contribution < -0.4 is 15.4 Å². The molecule has 0 aromatic heterocycles. The van der Waals surface area contributed by atoms with Gasteiger partial charge < -0.3 is 10.1 Å². The average Bonchev–Trinajstić information content (AvgIpc) is 2.54. The van der Waals surface area contributed by atoms with Gasteiger partial charge in [-0.25, -0.2) is 0 Å². The van der Waals surface area contributed by atoms with Gasteiger partial charge in [-0.15, -0.1) is 0 Å². The summed E-state index contributed by atoms with van der Waals surface area (Å²) in [5, 5.41) is 16.3. The highest BCUT2D eigenvalue weighted by molar-refractivity contribution is 7.80. The lowest BCUT2D eigenvalue weighted by molar-refractivity contribution is -0.385. The standard InChI is InChI=1S/C16H15N3O4S/c1-10-4-3-5-11(8-10)15(20)18-16(24)17-12-6-7-14(23-2)13(9-12)19(21)22/h3-9H,1-2H3,(H2,17,18,20,24).